The molecule has 0 spiro atoms. The molecule has 0 saturated carbocycles. The summed E-state index contributed by atoms with van der Waals surface area (Å²) >= 11 is 0. The Morgan fingerprint density at radius 2 is 2.58 bits per heavy atom. The number of carbonyl (C=O) groups is 2. The van der Waals surface area contributed by atoms with Gasteiger partial charge >= 0.3 is 0 Å². The third-order valence-corrected chi connectivity index (χ3v) is 1.69. The smallest absolute Gasteiger partial charge is 0.226 e. The molecule has 0 radical (unpaired) electrons. The molecule has 2 amide bonds. The first-order valence-electron chi connectivity index (χ1n) is 3.65. The molecular weight excluding hydrogens is 158 g/mol. The summed E-state index contributed by atoms with van der Waals surface area (Å²) in [5.74, 6) is -0.632. The van der Waals surface area contributed by atoms with Gasteiger partial charge in [0.25, 0.3) is 0 Å². The fourth-order valence-corrected chi connectivity index (χ4v) is 1.06. The molecule has 1 aliphatic rings. The molecule has 0 aromatic rings. The quantitative estimate of drug-likeness (QED) is 0.505. The lowest BCUT2D eigenvalue weighted by molar-refractivity contribution is -0.126. The number of rotatable bonds is 2. The van der Waals surface area contributed by atoms with Gasteiger partial charge in [-0.2, -0.15) is 5.26 Å². The van der Waals surface area contributed by atoms with Gasteiger partial charge < -0.3 is 10.6 Å². The summed E-state index contributed by atoms with van der Waals surface area (Å²) in [4.78, 5) is 21.8. The van der Waals surface area contributed by atoms with Crippen molar-refractivity contribution in [2.75, 3.05) is 13.1 Å². The highest BCUT2D eigenvalue weighted by molar-refractivity contribution is 5.89. The lowest BCUT2D eigenvalue weighted by atomic mass is 10.1. The Kier molecular flexibility index (Phi) is 2.64. The van der Waals surface area contributed by atoms with E-state index >= 15 is 0 Å². The summed E-state index contributed by atoms with van der Waals surface area (Å²) in [6.07, 6.45) is 0.233. The van der Waals surface area contributed by atoms with E-state index in [0.717, 1.165) is 0 Å². The lowest BCUT2D eigenvalue weighted by Crippen LogP contribution is -2.31. The van der Waals surface area contributed by atoms with Crippen molar-refractivity contribution in [3.05, 3.63) is 0 Å². The van der Waals surface area contributed by atoms with Crippen molar-refractivity contribution >= 4 is 11.8 Å². The number of carbonyl (C=O) groups excluding carboxylic acids is 2. The zero-order valence-electron chi connectivity index (χ0n) is 6.46. The highest BCUT2D eigenvalue weighted by Gasteiger charge is 2.27. The minimum Gasteiger partial charge on any atom is -0.355 e. The van der Waals surface area contributed by atoms with Crippen LogP contribution in [0.15, 0.2) is 0 Å². The summed E-state index contributed by atoms with van der Waals surface area (Å²) < 4.78 is 0. The van der Waals surface area contributed by atoms with Crippen LogP contribution in [0.1, 0.15) is 6.42 Å². The molecule has 1 fully saturated rings. The van der Waals surface area contributed by atoms with E-state index in [4.69, 9.17) is 5.26 Å². The molecule has 12 heavy (non-hydrogen) atoms. The Labute approximate surface area is 69.7 Å². The number of nitriles is 1. The van der Waals surface area contributed by atoms with Crippen LogP contribution >= 0.6 is 0 Å². The molecule has 5 heteroatoms. The Bertz CT molecular complexity index is 244. The van der Waals surface area contributed by atoms with Gasteiger partial charge in [0.15, 0.2) is 0 Å². The molecule has 0 bridgehead atoms. The molecule has 0 aliphatic carbocycles. The molecule has 0 aromatic heterocycles. The molecule has 1 aliphatic heterocycles. The molecule has 1 saturated heterocycles. The maximum Gasteiger partial charge on any atom is 0.226 e. The number of nitrogens with zero attached hydrogens (tertiary/aromatic N) is 1. The highest BCUT2D eigenvalue weighted by atomic mass is 16.2. The van der Waals surface area contributed by atoms with E-state index in [2.05, 4.69) is 10.6 Å². The maximum atomic E-state index is 11.1. The molecular formula is C7H9N3O2. The third-order valence-electron chi connectivity index (χ3n) is 1.69. The van der Waals surface area contributed by atoms with Gasteiger partial charge in [-0.1, -0.05) is 0 Å². The number of amides is 2. The lowest BCUT2D eigenvalue weighted by Gasteiger charge is -2.04. The van der Waals surface area contributed by atoms with E-state index in [9.17, 15) is 9.59 Å². The summed E-state index contributed by atoms with van der Waals surface area (Å²) in [6, 6.07) is 1.80. The van der Waals surface area contributed by atoms with Crippen molar-refractivity contribution in [2.24, 2.45) is 5.92 Å². The van der Waals surface area contributed by atoms with Crippen LogP contribution in [0.2, 0.25) is 0 Å². The fraction of sp³-hybridized carbons (Fsp3) is 0.571. The Balaban J connectivity index is 2.34. The summed E-state index contributed by atoms with van der Waals surface area (Å²) in [6.45, 7) is 0.389. The summed E-state index contributed by atoms with van der Waals surface area (Å²) in [5.41, 5.74) is 0. The van der Waals surface area contributed by atoms with Gasteiger partial charge in [0.2, 0.25) is 11.8 Å². The first-order valence-corrected chi connectivity index (χ1v) is 3.65. The molecule has 2 N–H and O–H groups in total. The van der Waals surface area contributed by atoms with Crippen molar-refractivity contribution in [1.29, 1.82) is 5.26 Å². The molecule has 5 nitrogen and oxygen atoms in total. The van der Waals surface area contributed by atoms with Crippen LogP contribution in [-0.2, 0) is 9.59 Å². The number of hydrogen-bond donors (Lipinski definition) is 2. The van der Waals surface area contributed by atoms with E-state index in [1.165, 1.54) is 0 Å². The van der Waals surface area contributed by atoms with Crippen LogP contribution in [0.3, 0.4) is 0 Å². The minimum absolute atomic E-state index is 0.00350. The standard InChI is InChI=1S/C7H9N3O2/c8-1-2-9-7(12)5-3-6(11)10-4-5/h5H,2-4H2,(H,9,12)(H,10,11). The molecule has 1 heterocycles. The van der Waals surface area contributed by atoms with Gasteiger partial charge in [-0.05, 0) is 0 Å². The minimum atomic E-state index is -0.300. The van der Waals surface area contributed by atoms with Gasteiger partial charge in [-0.15, -0.1) is 0 Å². The topological polar surface area (TPSA) is 82.0 Å². The van der Waals surface area contributed by atoms with Crippen molar-refractivity contribution in [3.63, 3.8) is 0 Å². The first-order chi connectivity index (χ1) is 5.74. The number of nitrogens with one attached hydrogen (secondary N) is 2. The van der Waals surface area contributed by atoms with Crippen LogP contribution in [0, 0.1) is 17.2 Å². The Hall–Kier alpha value is -1.57. The predicted octanol–water partition coefficient (Wildman–Crippen LogP) is -1.24. The van der Waals surface area contributed by atoms with Crippen molar-refractivity contribution in [3.8, 4) is 6.07 Å². The maximum absolute atomic E-state index is 11.1. The van der Waals surface area contributed by atoms with Gasteiger partial charge in [0.1, 0.15) is 6.54 Å². The highest BCUT2D eigenvalue weighted by Crippen LogP contribution is 2.07. The van der Waals surface area contributed by atoms with E-state index in [1.807, 2.05) is 0 Å². The Morgan fingerprint density at radius 1 is 1.83 bits per heavy atom. The average molecular weight is 167 g/mol. The van der Waals surface area contributed by atoms with Crippen LogP contribution in [0.25, 0.3) is 0 Å². The molecule has 64 valence electrons. The predicted molar refractivity (Wildman–Crippen MR) is 39.7 cm³/mol. The fourth-order valence-electron chi connectivity index (χ4n) is 1.06. The Morgan fingerprint density at radius 3 is 3.08 bits per heavy atom. The SMILES string of the molecule is N#CCNC(=O)C1CNC(=O)C1. The van der Waals surface area contributed by atoms with Gasteiger partial charge in [-0.25, -0.2) is 0 Å². The van der Waals surface area contributed by atoms with Gasteiger partial charge in [-0.3, -0.25) is 9.59 Å². The summed E-state index contributed by atoms with van der Waals surface area (Å²) in [5, 5.41) is 13.1. The number of hydrogen-bond acceptors (Lipinski definition) is 3. The third kappa shape index (κ3) is 1.95. The monoisotopic (exact) mass is 167 g/mol. The first kappa shape index (κ1) is 8.53. The second-order valence-corrected chi connectivity index (χ2v) is 2.58. The zero-order valence-corrected chi connectivity index (χ0v) is 6.46. The second kappa shape index (κ2) is 3.72. The van der Waals surface area contributed by atoms with E-state index in [-0.39, 0.29) is 30.7 Å². The van der Waals surface area contributed by atoms with Crippen molar-refractivity contribution < 1.29 is 9.59 Å². The molecule has 0 aromatic carbocycles. The normalized spacial score (nSPS) is 21.2. The van der Waals surface area contributed by atoms with Gasteiger partial charge in [0.05, 0.1) is 12.0 Å². The summed E-state index contributed by atoms with van der Waals surface area (Å²) in [7, 11) is 0. The van der Waals surface area contributed by atoms with E-state index < -0.39 is 0 Å². The van der Waals surface area contributed by atoms with E-state index in [1.54, 1.807) is 6.07 Å². The molecule has 1 atom stereocenters. The van der Waals surface area contributed by atoms with Crippen molar-refractivity contribution in [2.45, 2.75) is 6.42 Å². The zero-order chi connectivity index (χ0) is 8.97. The average Bonchev–Trinajstić information content (AvgIpc) is 2.47. The van der Waals surface area contributed by atoms with Gasteiger partial charge in [0, 0.05) is 13.0 Å². The van der Waals surface area contributed by atoms with Crippen molar-refractivity contribution in [1.82, 2.24) is 10.6 Å². The van der Waals surface area contributed by atoms with Crippen LogP contribution in [0.5, 0.6) is 0 Å². The molecule has 1 unspecified atom stereocenters. The van der Waals surface area contributed by atoms with Crippen LogP contribution < -0.4 is 10.6 Å². The largest absolute Gasteiger partial charge is 0.355 e. The van der Waals surface area contributed by atoms with E-state index in [0.29, 0.717) is 6.54 Å². The van der Waals surface area contributed by atoms with Crippen LogP contribution in [0.4, 0.5) is 0 Å². The second-order valence-electron chi connectivity index (χ2n) is 2.58. The van der Waals surface area contributed by atoms with Crippen LogP contribution in [-0.4, -0.2) is 24.9 Å². The molecule has 1 rings (SSSR count).